The molecule has 0 heterocycles. The largest absolute Gasteiger partial charge is 0.493 e. The number of anilines is 2. The Morgan fingerprint density at radius 1 is 1.03 bits per heavy atom. The van der Waals surface area contributed by atoms with E-state index in [9.17, 15) is 14.4 Å². The zero-order chi connectivity index (χ0) is 22.8. The Labute approximate surface area is 183 Å². The predicted octanol–water partition coefficient (Wildman–Crippen LogP) is 2.66. The average Bonchev–Trinajstić information content (AvgIpc) is 2.72. The van der Waals surface area contributed by atoms with Gasteiger partial charge in [0.25, 0.3) is 11.8 Å². The molecule has 3 amide bonds. The lowest BCUT2D eigenvalue weighted by Gasteiger charge is -2.14. The van der Waals surface area contributed by atoms with Crippen LogP contribution in [0.25, 0.3) is 0 Å². The van der Waals surface area contributed by atoms with Crippen LogP contribution in [-0.4, -0.2) is 51.9 Å². The first-order valence-corrected chi connectivity index (χ1v) is 9.34. The van der Waals surface area contributed by atoms with Gasteiger partial charge in [-0.25, -0.2) is 4.79 Å². The van der Waals surface area contributed by atoms with Crippen LogP contribution in [0.15, 0.2) is 36.4 Å². The molecule has 0 aliphatic rings. The van der Waals surface area contributed by atoms with Crippen molar-refractivity contribution in [3.05, 3.63) is 47.0 Å². The molecular formula is C20H22ClN3O7. The van der Waals surface area contributed by atoms with Crippen molar-refractivity contribution in [1.29, 1.82) is 0 Å². The number of hydrogen-bond acceptors (Lipinski definition) is 7. The van der Waals surface area contributed by atoms with E-state index in [4.69, 9.17) is 36.3 Å². The molecule has 166 valence electrons. The number of carbonyl (C=O) groups is 3. The van der Waals surface area contributed by atoms with Crippen LogP contribution in [0.5, 0.6) is 11.5 Å². The highest BCUT2D eigenvalue weighted by atomic mass is 35.5. The van der Waals surface area contributed by atoms with Crippen LogP contribution >= 0.6 is 11.6 Å². The Morgan fingerprint density at radius 3 is 2.39 bits per heavy atom. The van der Waals surface area contributed by atoms with Crippen LogP contribution in [0.1, 0.15) is 10.4 Å². The van der Waals surface area contributed by atoms with Crippen molar-refractivity contribution >= 4 is 40.9 Å². The van der Waals surface area contributed by atoms with Gasteiger partial charge in [-0.2, -0.15) is 0 Å². The smallest absolute Gasteiger partial charge is 0.411 e. The SMILES string of the molecule is COCCOC(=O)Nc1cccc(NC(=O)c2cc(Cl)c(OCC(N)=O)c(OC)c2)c1. The summed E-state index contributed by atoms with van der Waals surface area (Å²) in [6.45, 7) is -0.00226. The van der Waals surface area contributed by atoms with Gasteiger partial charge in [0.05, 0.1) is 18.7 Å². The minimum absolute atomic E-state index is 0.0694. The van der Waals surface area contributed by atoms with Gasteiger partial charge >= 0.3 is 6.09 Å². The maximum atomic E-state index is 12.7. The van der Waals surface area contributed by atoms with Gasteiger partial charge in [-0.15, -0.1) is 0 Å². The van der Waals surface area contributed by atoms with Crippen LogP contribution in [0, 0.1) is 0 Å². The number of ether oxygens (including phenoxy) is 4. The predicted molar refractivity (Wildman–Crippen MR) is 114 cm³/mol. The van der Waals surface area contributed by atoms with Gasteiger partial charge < -0.3 is 30.0 Å². The van der Waals surface area contributed by atoms with Crippen molar-refractivity contribution in [2.45, 2.75) is 0 Å². The van der Waals surface area contributed by atoms with Crippen LogP contribution < -0.4 is 25.8 Å². The summed E-state index contributed by atoms with van der Waals surface area (Å²) in [4.78, 5) is 35.3. The third-order valence-corrected chi connectivity index (χ3v) is 4.02. The Hall–Kier alpha value is -3.50. The van der Waals surface area contributed by atoms with Gasteiger partial charge in [-0.3, -0.25) is 14.9 Å². The highest BCUT2D eigenvalue weighted by Crippen LogP contribution is 2.36. The Kier molecular flexibility index (Phi) is 8.92. The molecule has 11 heteroatoms. The molecule has 0 fully saturated rings. The highest BCUT2D eigenvalue weighted by Gasteiger charge is 2.17. The molecule has 0 aliphatic carbocycles. The van der Waals surface area contributed by atoms with E-state index in [0.29, 0.717) is 11.4 Å². The number of nitrogens with one attached hydrogen (secondary N) is 2. The topological polar surface area (TPSA) is 138 Å². The first kappa shape index (κ1) is 23.8. The summed E-state index contributed by atoms with van der Waals surface area (Å²) in [5.74, 6) is -0.914. The first-order valence-electron chi connectivity index (χ1n) is 8.96. The molecule has 0 saturated carbocycles. The van der Waals surface area contributed by atoms with Crippen molar-refractivity contribution in [2.24, 2.45) is 5.73 Å². The van der Waals surface area contributed by atoms with Crippen molar-refractivity contribution in [3.8, 4) is 11.5 Å². The third-order valence-electron chi connectivity index (χ3n) is 3.74. The van der Waals surface area contributed by atoms with E-state index in [1.54, 1.807) is 24.3 Å². The molecule has 2 aromatic carbocycles. The number of rotatable bonds is 10. The monoisotopic (exact) mass is 451 g/mol. The summed E-state index contributed by atoms with van der Waals surface area (Å²) in [5.41, 5.74) is 6.10. The third kappa shape index (κ3) is 7.36. The molecule has 0 unspecified atom stereocenters. The van der Waals surface area contributed by atoms with Crippen molar-refractivity contribution in [3.63, 3.8) is 0 Å². The van der Waals surface area contributed by atoms with E-state index in [-0.39, 0.29) is 35.3 Å². The van der Waals surface area contributed by atoms with Crippen molar-refractivity contribution in [2.75, 3.05) is 44.7 Å². The van der Waals surface area contributed by atoms with Crippen LogP contribution in [0.2, 0.25) is 5.02 Å². The van der Waals surface area contributed by atoms with Crippen LogP contribution in [-0.2, 0) is 14.3 Å². The molecule has 4 N–H and O–H groups in total. The lowest BCUT2D eigenvalue weighted by molar-refractivity contribution is -0.119. The normalized spacial score (nSPS) is 10.2. The van der Waals surface area contributed by atoms with Gasteiger partial charge in [-0.1, -0.05) is 17.7 Å². The van der Waals surface area contributed by atoms with Gasteiger partial charge in [0.2, 0.25) is 0 Å². The number of methoxy groups -OCH3 is 2. The summed E-state index contributed by atoms with van der Waals surface area (Å²) >= 11 is 6.17. The first-order chi connectivity index (χ1) is 14.8. The molecule has 2 aromatic rings. The molecule has 0 bridgehead atoms. The molecule has 0 radical (unpaired) electrons. The average molecular weight is 452 g/mol. The number of amides is 3. The van der Waals surface area contributed by atoms with Gasteiger partial charge in [0, 0.05) is 24.0 Å². The maximum Gasteiger partial charge on any atom is 0.411 e. The van der Waals surface area contributed by atoms with E-state index < -0.39 is 24.5 Å². The number of benzene rings is 2. The second kappa shape index (κ2) is 11.6. The summed E-state index contributed by atoms with van der Waals surface area (Å²) < 4.78 is 20.2. The Bertz CT molecular complexity index is 952. The molecule has 10 nitrogen and oxygen atoms in total. The minimum atomic E-state index is -0.684. The van der Waals surface area contributed by atoms with Gasteiger partial charge in [0.15, 0.2) is 18.1 Å². The molecule has 0 atom stereocenters. The number of hydrogen-bond donors (Lipinski definition) is 3. The van der Waals surface area contributed by atoms with Crippen LogP contribution in [0.4, 0.5) is 16.2 Å². The fourth-order valence-corrected chi connectivity index (χ4v) is 2.65. The fourth-order valence-electron chi connectivity index (χ4n) is 2.38. The number of primary amides is 1. The second-order valence-corrected chi connectivity index (χ2v) is 6.44. The summed E-state index contributed by atoms with van der Waals surface area (Å²) in [6, 6.07) is 9.26. The highest BCUT2D eigenvalue weighted by molar-refractivity contribution is 6.32. The summed E-state index contributed by atoms with van der Waals surface area (Å²) in [7, 11) is 2.86. The van der Waals surface area contributed by atoms with E-state index in [1.165, 1.54) is 26.4 Å². The van der Waals surface area contributed by atoms with E-state index in [1.807, 2.05) is 0 Å². The fraction of sp³-hybridized carbons (Fsp3) is 0.250. The van der Waals surface area contributed by atoms with Gasteiger partial charge in [-0.05, 0) is 30.3 Å². The van der Waals surface area contributed by atoms with Crippen LogP contribution in [0.3, 0.4) is 0 Å². The molecule has 31 heavy (non-hydrogen) atoms. The van der Waals surface area contributed by atoms with E-state index >= 15 is 0 Å². The van der Waals surface area contributed by atoms with E-state index in [0.717, 1.165) is 0 Å². The number of carbonyl (C=O) groups excluding carboxylic acids is 3. The molecule has 0 aromatic heterocycles. The summed E-state index contributed by atoms with van der Waals surface area (Å²) in [6.07, 6.45) is -0.649. The van der Waals surface area contributed by atoms with Crippen molar-refractivity contribution in [1.82, 2.24) is 0 Å². The standard InChI is InChI=1S/C20H22ClN3O7/c1-28-6-7-30-20(27)24-14-5-3-4-13(10-14)23-19(26)12-8-15(21)18(16(9-12)29-2)31-11-17(22)25/h3-5,8-10H,6-7,11H2,1-2H3,(H2,22,25)(H,23,26)(H,24,27). The Morgan fingerprint density at radius 2 is 1.74 bits per heavy atom. The lowest BCUT2D eigenvalue weighted by Crippen LogP contribution is -2.20. The number of halogens is 1. The molecule has 0 spiro atoms. The quantitative estimate of drug-likeness (QED) is 0.472. The molecule has 0 saturated heterocycles. The zero-order valence-electron chi connectivity index (χ0n) is 16.9. The molecule has 2 rings (SSSR count). The number of nitrogens with two attached hydrogens (primary N) is 1. The second-order valence-electron chi connectivity index (χ2n) is 6.03. The molecule has 0 aliphatic heterocycles. The summed E-state index contributed by atoms with van der Waals surface area (Å²) in [5, 5.41) is 5.31. The minimum Gasteiger partial charge on any atom is -0.493 e. The zero-order valence-corrected chi connectivity index (χ0v) is 17.7. The van der Waals surface area contributed by atoms with E-state index in [2.05, 4.69) is 10.6 Å². The van der Waals surface area contributed by atoms with Gasteiger partial charge in [0.1, 0.15) is 6.61 Å². The maximum absolute atomic E-state index is 12.7. The molecular weight excluding hydrogens is 430 g/mol. The Balaban J connectivity index is 2.10. The lowest BCUT2D eigenvalue weighted by atomic mass is 10.1. The van der Waals surface area contributed by atoms with Crippen molar-refractivity contribution < 1.29 is 33.3 Å².